The Morgan fingerprint density at radius 2 is 1.74 bits per heavy atom. The average molecular weight is 521 g/mol. The molecule has 2 N–H and O–H groups in total. The molecule has 38 heavy (non-hydrogen) atoms. The van der Waals surface area contributed by atoms with Crippen LogP contribution >= 0.6 is 0 Å². The van der Waals surface area contributed by atoms with E-state index in [9.17, 15) is 4.79 Å². The van der Waals surface area contributed by atoms with E-state index in [0.29, 0.717) is 11.9 Å². The molecule has 0 radical (unpaired) electrons. The highest BCUT2D eigenvalue weighted by molar-refractivity contribution is 5.75. The second kappa shape index (κ2) is 11.1. The SMILES string of the molecule is CN1CCN(c2ccc(Nc3ncc4cnn(C[C@H]5CC[C@H](NC(=O)OC(C)(C)C)CC5)c4n3)cc2)CC1. The Morgan fingerprint density at radius 3 is 2.42 bits per heavy atom. The largest absolute Gasteiger partial charge is 0.444 e. The summed E-state index contributed by atoms with van der Waals surface area (Å²) in [5.41, 5.74) is 2.57. The maximum Gasteiger partial charge on any atom is 0.407 e. The van der Waals surface area contributed by atoms with Gasteiger partial charge in [0.1, 0.15) is 5.60 Å². The van der Waals surface area contributed by atoms with E-state index < -0.39 is 5.60 Å². The molecule has 1 aliphatic heterocycles. The number of aromatic nitrogens is 4. The molecule has 204 valence electrons. The summed E-state index contributed by atoms with van der Waals surface area (Å²) in [4.78, 5) is 26.2. The standard InChI is InChI=1S/C28H40N8O2/c1-28(2,3)38-27(37)32-23-7-5-20(6-8-23)19-36-25-21(18-30-36)17-29-26(33-25)31-22-9-11-24(12-10-22)35-15-13-34(4)14-16-35/h9-12,17-18,20,23H,5-8,13-16,19H2,1-4H3,(H,32,37)(H,29,31,33)/t20-,23-. The number of nitrogens with zero attached hydrogens (tertiary/aromatic N) is 6. The molecule has 5 rings (SSSR count). The number of carbonyl (C=O) groups excluding carboxylic acids is 1. The van der Waals surface area contributed by atoms with E-state index in [1.807, 2.05) is 37.8 Å². The second-order valence-electron chi connectivity index (χ2n) is 11.6. The first kappa shape index (κ1) is 26.2. The number of piperazine rings is 1. The predicted octanol–water partition coefficient (Wildman–Crippen LogP) is 4.41. The van der Waals surface area contributed by atoms with Gasteiger partial charge in [-0.1, -0.05) is 0 Å². The normalized spacial score (nSPS) is 20.9. The lowest BCUT2D eigenvalue weighted by molar-refractivity contribution is 0.0486. The number of benzene rings is 1. The molecule has 1 aliphatic carbocycles. The van der Waals surface area contributed by atoms with Gasteiger partial charge in [0.25, 0.3) is 0 Å². The smallest absolute Gasteiger partial charge is 0.407 e. The Kier molecular flexibility index (Phi) is 7.69. The van der Waals surface area contributed by atoms with Gasteiger partial charge in [-0.3, -0.25) is 0 Å². The Balaban J connectivity index is 1.16. The highest BCUT2D eigenvalue weighted by Gasteiger charge is 2.25. The molecular formula is C28H40N8O2. The Morgan fingerprint density at radius 1 is 1.03 bits per heavy atom. The molecule has 3 aromatic rings. The van der Waals surface area contributed by atoms with Crippen LogP contribution in [0.4, 0.5) is 22.1 Å². The zero-order chi connectivity index (χ0) is 26.7. The molecular weight excluding hydrogens is 480 g/mol. The average Bonchev–Trinajstić information content (AvgIpc) is 3.27. The minimum absolute atomic E-state index is 0.163. The molecule has 10 nitrogen and oxygen atoms in total. The molecule has 1 aromatic carbocycles. The molecule has 2 aromatic heterocycles. The van der Waals surface area contributed by atoms with Gasteiger partial charge in [0.05, 0.1) is 11.6 Å². The molecule has 0 atom stereocenters. The highest BCUT2D eigenvalue weighted by atomic mass is 16.6. The Hall–Kier alpha value is -3.40. The number of hydrogen-bond donors (Lipinski definition) is 2. The summed E-state index contributed by atoms with van der Waals surface area (Å²) in [6, 6.07) is 8.65. The van der Waals surface area contributed by atoms with Crippen LogP contribution < -0.4 is 15.5 Å². The van der Waals surface area contributed by atoms with Gasteiger partial charge >= 0.3 is 6.09 Å². The Labute approximate surface area is 224 Å². The van der Waals surface area contributed by atoms with Crippen molar-refractivity contribution in [2.24, 2.45) is 5.92 Å². The number of ether oxygens (including phenoxy) is 1. The summed E-state index contributed by atoms with van der Waals surface area (Å²) in [7, 11) is 2.17. The van der Waals surface area contributed by atoms with Crippen molar-refractivity contribution in [3.05, 3.63) is 36.7 Å². The van der Waals surface area contributed by atoms with E-state index in [-0.39, 0.29) is 12.1 Å². The molecule has 0 bridgehead atoms. The molecule has 2 fully saturated rings. The lowest BCUT2D eigenvalue weighted by Gasteiger charge is -2.34. The zero-order valence-electron chi connectivity index (χ0n) is 23.0. The van der Waals surface area contributed by atoms with E-state index in [0.717, 1.165) is 75.1 Å². The van der Waals surface area contributed by atoms with Crippen LogP contribution in [0.2, 0.25) is 0 Å². The van der Waals surface area contributed by atoms with E-state index in [1.54, 1.807) is 0 Å². The molecule has 1 amide bonds. The van der Waals surface area contributed by atoms with Gasteiger partial charge < -0.3 is 25.2 Å². The van der Waals surface area contributed by atoms with Gasteiger partial charge in [0.15, 0.2) is 5.65 Å². The summed E-state index contributed by atoms with van der Waals surface area (Å²) >= 11 is 0. The van der Waals surface area contributed by atoms with E-state index >= 15 is 0 Å². The van der Waals surface area contributed by atoms with Gasteiger partial charge in [-0.25, -0.2) is 14.5 Å². The minimum atomic E-state index is -0.480. The summed E-state index contributed by atoms with van der Waals surface area (Å²) in [5.74, 6) is 1.06. The summed E-state index contributed by atoms with van der Waals surface area (Å²) in [6.07, 6.45) is 7.26. The van der Waals surface area contributed by atoms with Crippen LogP contribution in [0, 0.1) is 5.92 Å². The number of amides is 1. The lowest BCUT2D eigenvalue weighted by Crippen LogP contribution is -2.44. The van der Waals surface area contributed by atoms with Crippen molar-refractivity contribution in [2.75, 3.05) is 43.4 Å². The molecule has 2 aliphatic rings. The molecule has 1 saturated heterocycles. The van der Waals surface area contributed by atoms with Crippen molar-refractivity contribution in [3.8, 4) is 0 Å². The zero-order valence-corrected chi connectivity index (χ0v) is 23.0. The fourth-order valence-electron chi connectivity index (χ4n) is 5.22. The van der Waals surface area contributed by atoms with Gasteiger partial charge in [0, 0.05) is 56.3 Å². The van der Waals surface area contributed by atoms with Crippen LogP contribution in [0.1, 0.15) is 46.5 Å². The van der Waals surface area contributed by atoms with Crippen molar-refractivity contribution in [2.45, 2.75) is 64.6 Å². The van der Waals surface area contributed by atoms with Crippen LogP contribution in [0.15, 0.2) is 36.7 Å². The number of rotatable bonds is 6. The van der Waals surface area contributed by atoms with Crippen molar-refractivity contribution in [1.82, 2.24) is 30.0 Å². The number of anilines is 3. The molecule has 0 unspecified atom stereocenters. The summed E-state index contributed by atoms with van der Waals surface area (Å²) < 4.78 is 7.39. The van der Waals surface area contributed by atoms with E-state index in [2.05, 4.69) is 61.8 Å². The summed E-state index contributed by atoms with van der Waals surface area (Å²) in [5, 5.41) is 11.9. The van der Waals surface area contributed by atoms with Gasteiger partial charge in [-0.2, -0.15) is 10.1 Å². The Bertz CT molecular complexity index is 1220. The van der Waals surface area contributed by atoms with Gasteiger partial charge in [0.2, 0.25) is 5.95 Å². The quantitative estimate of drug-likeness (QED) is 0.493. The van der Waals surface area contributed by atoms with E-state index in [4.69, 9.17) is 9.72 Å². The number of likely N-dealkylation sites (N-methyl/N-ethyl adjacent to an activating group) is 1. The number of alkyl carbamates (subject to hydrolysis) is 1. The molecule has 0 spiro atoms. The minimum Gasteiger partial charge on any atom is -0.444 e. The third-order valence-electron chi connectivity index (χ3n) is 7.37. The second-order valence-corrected chi connectivity index (χ2v) is 11.6. The van der Waals surface area contributed by atoms with Crippen LogP contribution in [0.25, 0.3) is 11.0 Å². The fraction of sp³-hybridized carbons (Fsp3) is 0.571. The van der Waals surface area contributed by atoms with Crippen molar-refractivity contribution in [1.29, 1.82) is 0 Å². The third-order valence-corrected chi connectivity index (χ3v) is 7.37. The number of fused-ring (bicyclic) bond motifs is 1. The monoisotopic (exact) mass is 520 g/mol. The van der Waals surface area contributed by atoms with Crippen molar-refractivity contribution < 1.29 is 9.53 Å². The van der Waals surface area contributed by atoms with Crippen molar-refractivity contribution >= 4 is 34.4 Å². The first-order valence-corrected chi connectivity index (χ1v) is 13.7. The topological polar surface area (TPSA) is 100 Å². The number of hydrogen-bond acceptors (Lipinski definition) is 8. The lowest BCUT2D eigenvalue weighted by atomic mass is 9.86. The maximum atomic E-state index is 12.1. The van der Waals surface area contributed by atoms with Crippen LogP contribution in [0.3, 0.4) is 0 Å². The third kappa shape index (κ3) is 6.72. The van der Waals surface area contributed by atoms with Crippen LogP contribution in [-0.2, 0) is 11.3 Å². The first-order chi connectivity index (χ1) is 18.2. The predicted molar refractivity (Wildman–Crippen MR) is 150 cm³/mol. The molecule has 1 saturated carbocycles. The molecule has 3 heterocycles. The van der Waals surface area contributed by atoms with Gasteiger partial charge in [-0.15, -0.1) is 0 Å². The van der Waals surface area contributed by atoms with Gasteiger partial charge in [-0.05, 0) is 83.7 Å². The fourth-order valence-corrected chi connectivity index (χ4v) is 5.22. The van der Waals surface area contributed by atoms with Crippen LogP contribution in [-0.4, -0.2) is 75.6 Å². The number of nitrogens with one attached hydrogen (secondary N) is 2. The van der Waals surface area contributed by atoms with Crippen molar-refractivity contribution in [3.63, 3.8) is 0 Å². The van der Waals surface area contributed by atoms with E-state index in [1.165, 1.54) is 5.69 Å². The van der Waals surface area contributed by atoms with Crippen LogP contribution in [0.5, 0.6) is 0 Å². The first-order valence-electron chi connectivity index (χ1n) is 13.7. The maximum absolute atomic E-state index is 12.1. The summed E-state index contributed by atoms with van der Waals surface area (Å²) in [6.45, 7) is 10.7. The number of carbonyl (C=O) groups is 1. The molecule has 10 heteroatoms. The highest BCUT2D eigenvalue weighted by Crippen LogP contribution is 2.27.